The summed E-state index contributed by atoms with van der Waals surface area (Å²) < 4.78 is 0. The third kappa shape index (κ3) is 2.50. The highest BCUT2D eigenvalue weighted by Gasteiger charge is 2.37. The summed E-state index contributed by atoms with van der Waals surface area (Å²) in [5, 5.41) is 0. The maximum atomic E-state index is 12.7. The Morgan fingerprint density at radius 1 is 0.708 bits per heavy atom. The second kappa shape index (κ2) is 6.13. The van der Waals surface area contributed by atoms with E-state index in [9.17, 15) is 4.79 Å². The normalized spacial score (nSPS) is 17.0. The molecule has 24 heavy (non-hydrogen) atoms. The number of para-hydroxylation sites is 1. The molecular formula is C21H16N2O. The molecule has 0 saturated heterocycles. The number of aliphatic imine (C=N–C) groups is 1. The largest absolute Gasteiger partial charge is 0.309 e. The molecular weight excluding hydrogens is 296 g/mol. The van der Waals surface area contributed by atoms with E-state index in [2.05, 4.69) is 4.99 Å². The van der Waals surface area contributed by atoms with Gasteiger partial charge >= 0.3 is 0 Å². The standard InChI is InChI=1S/C21H16N2O/c24-21-19(16-10-4-1-5-11-16)23(18-14-8-3-9-15-18)20(22-21)17-12-6-2-7-13-17/h1-15,19H. The first-order valence-corrected chi connectivity index (χ1v) is 7.92. The Bertz CT molecular complexity index is 873. The van der Waals surface area contributed by atoms with Gasteiger partial charge < -0.3 is 4.90 Å². The average molecular weight is 312 g/mol. The van der Waals surface area contributed by atoms with Gasteiger partial charge in [0.25, 0.3) is 5.91 Å². The average Bonchev–Trinajstić information content (AvgIpc) is 3.01. The highest BCUT2D eigenvalue weighted by Crippen LogP contribution is 2.34. The molecule has 0 aliphatic carbocycles. The van der Waals surface area contributed by atoms with E-state index in [1.165, 1.54) is 0 Å². The number of carbonyl (C=O) groups excluding carboxylic acids is 1. The molecule has 4 rings (SSSR count). The summed E-state index contributed by atoms with van der Waals surface area (Å²) in [6, 6.07) is 29.2. The van der Waals surface area contributed by atoms with Crippen LogP contribution in [-0.2, 0) is 4.79 Å². The zero-order valence-electron chi connectivity index (χ0n) is 13.0. The quantitative estimate of drug-likeness (QED) is 0.725. The second-order valence-corrected chi connectivity index (χ2v) is 5.66. The molecule has 1 unspecified atom stereocenters. The van der Waals surface area contributed by atoms with E-state index in [-0.39, 0.29) is 5.91 Å². The van der Waals surface area contributed by atoms with Crippen LogP contribution in [0.25, 0.3) is 0 Å². The van der Waals surface area contributed by atoms with Crippen molar-refractivity contribution in [1.29, 1.82) is 0 Å². The van der Waals surface area contributed by atoms with E-state index < -0.39 is 6.04 Å². The molecule has 1 amide bonds. The minimum atomic E-state index is -0.427. The molecule has 0 fully saturated rings. The molecule has 3 heteroatoms. The Balaban J connectivity index is 1.86. The summed E-state index contributed by atoms with van der Waals surface area (Å²) >= 11 is 0. The van der Waals surface area contributed by atoms with E-state index in [1.54, 1.807) is 0 Å². The first kappa shape index (κ1) is 14.4. The van der Waals surface area contributed by atoms with Crippen molar-refractivity contribution in [3.63, 3.8) is 0 Å². The topological polar surface area (TPSA) is 32.7 Å². The molecule has 116 valence electrons. The molecule has 3 aromatic carbocycles. The monoisotopic (exact) mass is 312 g/mol. The van der Waals surface area contributed by atoms with Gasteiger partial charge in [0.1, 0.15) is 11.9 Å². The van der Waals surface area contributed by atoms with Crippen molar-refractivity contribution in [3.8, 4) is 0 Å². The van der Waals surface area contributed by atoms with Gasteiger partial charge in [0.2, 0.25) is 0 Å². The SMILES string of the molecule is O=C1N=C(c2ccccc2)N(c2ccccc2)C1c1ccccc1. The van der Waals surface area contributed by atoms with Crippen molar-refractivity contribution < 1.29 is 4.79 Å². The number of anilines is 1. The Kier molecular flexibility index (Phi) is 3.67. The van der Waals surface area contributed by atoms with Gasteiger partial charge in [-0.2, -0.15) is 4.99 Å². The van der Waals surface area contributed by atoms with Crippen LogP contribution in [-0.4, -0.2) is 11.7 Å². The van der Waals surface area contributed by atoms with Crippen LogP contribution in [0.4, 0.5) is 5.69 Å². The zero-order chi connectivity index (χ0) is 16.4. The van der Waals surface area contributed by atoms with Crippen molar-refractivity contribution in [2.75, 3.05) is 4.90 Å². The van der Waals surface area contributed by atoms with Crippen LogP contribution in [0.15, 0.2) is 96.0 Å². The van der Waals surface area contributed by atoms with Crippen LogP contribution in [0.1, 0.15) is 17.2 Å². The number of carbonyl (C=O) groups is 1. The van der Waals surface area contributed by atoms with Crippen LogP contribution < -0.4 is 4.90 Å². The highest BCUT2D eigenvalue weighted by atomic mass is 16.2. The zero-order valence-corrected chi connectivity index (χ0v) is 13.0. The molecule has 0 spiro atoms. The van der Waals surface area contributed by atoms with E-state index in [0.29, 0.717) is 5.84 Å². The van der Waals surface area contributed by atoms with Gasteiger partial charge in [0.15, 0.2) is 0 Å². The van der Waals surface area contributed by atoms with Gasteiger partial charge in [0, 0.05) is 11.3 Å². The van der Waals surface area contributed by atoms with E-state index in [1.807, 2.05) is 95.9 Å². The lowest BCUT2D eigenvalue weighted by atomic mass is 10.0. The third-order valence-corrected chi connectivity index (χ3v) is 4.12. The Hall–Kier alpha value is -3.20. The van der Waals surface area contributed by atoms with Crippen molar-refractivity contribution in [2.24, 2.45) is 4.99 Å². The fraction of sp³-hybridized carbons (Fsp3) is 0.0476. The molecule has 0 radical (unpaired) electrons. The fourth-order valence-electron chi connectivity index (χ4n) is 3.03. The molecule has 1 atom stereocenters. The van der Waals surface area contributed by atoms with Crippen molar-refractivity contribution >= 4 is 17.4 Å². The van der Waals surface area contributed by atoms with Crippen molar-refractivity contribution in [2.45, 2.75) is 6.04 Å². The number of nitrogens with zero attached hydrogens (tertiary/aromatic N) is 2. The molecule has 3 aromatic rings. The summed E-state index contributed by atoms with van der Waals surface area (Å²) in [7, 11) is 0. The van der Waals surface area contributed by atoms with Crippen molar-refractivity contribution in [1.82, 2.24) is 0 Å². The Morgan fingerprint density at radius 3 is 1.88 bits per heavy atom. The van der Waals surface area contributed by atoms with Gasteiger partial charge in [-0.1, -0.05) is 78.9 Å². The number of amides is 1. The lowest BCUT2D eigenvalue weighted by molar-refractivity contribution is -0.118. The van der Waals surface area contributed by atoms with Gasteiger partial charge in [-0.3, -0.25) is 4.79 Å². The summed E-state index contributed by atoms with van der Waals surface area (Å²) in [5.41, 5.74) is 2.84. The maximum absolute atomic E-state index is 12.7. The lowest BCUT2D eigenvalue weighted by Gasteiger charge is -2.27. The predicted octanol–water partition coefficient (Wildman–Crippen LogP) is 4.22. The maximum Gasteiger partial charge on any atom is 0.275 e. The van der Waals surface area contributed by atoms with Gasteiger partial charge in [-0.05, 0) is 17.7 Å². The molecule has 1 heterocycles. The number of hydrogen-bond donors (Lipinski definition) is 0. The first-order valence-electron chi connectivity index (χ1n) is 7.92. The summed E-state index contributed by atoms with van der Waals surface area (Å²) in [5.74, 6) is 0.560. The Morgan fingerprint density at radius 2 is 1.25 bits per heavy atom. The van der Waals surface area contributed by atoms with Crippen LogP contribution in [0, 0.1) is 0 Å². The molecule has 3 nitrogen and oxygen atoms in total. The highest BCUT2D eigenvalue weighted by molar-refractivity contribution is 6.21. The fourth-order valence-corrected chi connectivity index (χ4v) is 3.03. The minimum absolute atomic E-state index is 0.135. The molecule has 1 aliphatic heterocycles. The molecule has 0 aromatic heterocycles. The van der Waals surface area contributed by atoms with E-state index >= 15 is 0 Å². The molecule has 1 aliphatic rings. The Labute approximate surface area is 140 Å². The third-order valence-electron chi connectivity index (χ3n) is 4.12. The van der Waals surface area contributed by atoms with Crippen LogP contribution in [0.2, 0.25) is 0 Å². The van der Waals surface area contributed by atoms with Gasteiger partial charge in [0.05, 0.1) is 0 Å². The number of hydrogen-bond acceptors (Lipinski definition) is 2. The predicted molar refractivity (Wildman–Crippen MR) is 96.1 cm³/mol. The smallest absolute Gasteiger partial charge is 0.275 e. The number of amidine groups is 1. The number of benzene rings is 3. The van der Waals surface area contributed by atoms with Gasteiger partial charge in [-0.15, -0.1) is 0 Å². The first-order chi connectivity index (χ1) is 11.8. The minimum Gasteiger partial charge on any atom is -0.309 e. The summed E-state index contributed by atoms with van der Waals surface area (Å²) in [6.07, 6.45) is 0. The van der Waals surface area contributed by atoms with Crippen LogP contribution >= 0.6 is 0 Å². The summed E-state index contributed by atoms with van der Waals surface area (Å²) in [6.45, 7) is 0. The van der Waals surface area contributed by atoms with E-state index in [0.717, 1.165) is 16.8 Å². The lowest BCUT2D eigenvalue weighted by Crippen LogP contribution is -2.32. The van der Waals surface area contributed by atoms with Crippen molar-refractivity contribution in [3.05, 3.63) is 102 Å². The molecule has 0 N–H and O–H groups in total. The number of rotatable bonds is 3. The second-order valence-electron chi connectivity index (χ2n) is 5.66. The summed E-state index contributed by atoms with van der Waals surface area (Å²) in [4.78, 5) is 19.1. The molecule has 0 saturated carbocycles. The molecule has 0 bridgehead atoms. The van der Waals surface area contributed by atoms with Crippen LogP contribution in [0.5, 0.6) is 0 Å². The van der Waals surface area contributed by atoms with Gasteiger partial charge in [-0.25, -0.2) is 0 Å². The van der Waals surface area contributed by atoms with E-state index in [4.69, 9.17) is 0 Å². The van der Waals surface area contributed by atoms with Crippen LogP contribution in [0.3, 0.4) is 0 Å².